The van der Waals surface area contributed by atoms with Gasteiger partial charge in [0.25, 0.3) is 0 Å². The predicted molar refractivity (Wildman–Crippen MR) is 71.4 cm³/mol. The summed E-state index contributed by atoms with van der Waals surface area (Å²) in [6, 6.07) is -0.0813. The highest BCUT2D eigenvalue weighted by atomic mass is 16.6. The minimum Gasteiger partial charge on any atom is -0.444 e. The molecule has 1 rings (SSSR count). The fourth-order valence-electron chi connectivity index (χ4n) is 2.38. The van der Waals surface area contributed by atoms with Crippen LogP contribution in [0.4, 0.5) is 4.79 Å². The van der Waals surface area contributed by atoms with Crippen molar-refractivity contribution in [2.75, 3.05) is 6.54 Å². The zero-order valence-corrected chi connectivity index (χ0v) is 12.3. The maximum atomic E-state index is 12.1. The van der Waals surface area contributed by atoms with E-state index < -0.39 is 11.7 Å². The van der Waals surface area contributed by atoms with E-state index >= 15 is 0 Å². The Morgan fingerprint density at radius 1 is 1.44 bits per heavy atom. The van der Waals surface area contributed by atoms with Gasteiger partial charge in [0, 0.05) is 6.54 Å². The van der Waals surface area contributed by atoms with Crippen LogP contribution in [0, 0.1) is 5.92 Å². The monoisotopic (exact) mass is 257 g/mol. The number of aliphatic hydroxyl groups is 1. The molecule has 1 amide bonds. The maximum Gasteiger partial charge on any atom is 0.410 e. The lowest BCUT2D eigenvalue weighted by molar-refractivity contribution is 0.00185. The number of rotatable bonds is 3. The Balaban J connectivity index is 2.61. The second-order valence-electron chi connectivity index (χ2n) is 6.58. The van der Waals surface area contributed by atoms with Crippen LogP contribution in [0.3, 0.4) is 0 Å². The molecule has 0 aliphatic carbocycles. The molecule has 0 saturated carbocycles. The number of likely N-dealkylation sites (tertiary alicyclic amines) is 1. The molecule has 1 unspecified atom stereocenters. The van der Waals surface area contributed by atoms with Crippen molar-refractivity contribution in [3.8, 4) is 0 Å². The zero-order valence-electron chi connectivity index (χ0n) is 12.3. The molecule has 1 saturated heterocycles. The van der Waals surface area contributed by atoms with E-state index in [1.165, 1.54) is 0 Å². The minimum absolute atomic E-state index is 0.0813. The van der Waals surface area contributed by atoms with E-state index in [9.17, 15) is 9.90 Å². The summed E-state index contributed by atoms with van der Waals surface area (Å²) in [7, 11) is 0. The van der Waals surface area contributed by atoms with Gasteiger partial charge in [-0.2, -0.15) is 0 Å². The van der Waals surface area contributed by atoms with E-state index in [-0.39, 0.29) is 12.1 Å². The Morgan fingerprint density at radius 2 is 2.06 bits per heavy atom. The Morgan fingerprint density at radius 3 is 2.56 bits per heavy atom. The largest absolute Gasteiger partial charge is 0.444 e. The van der Waals surface area contributed by atoms with Gasteiger partial charge >= 0.3 is 6.09 Å². The molecule has 0 spiro atoms. The van der Waals surface area contributed by atoms with E-state index in [0.29, 0.717) is 12.5 Å². The van der Waals surface area contributed by atoms with Crippen LogP contribution >= 0.6 is 0 Å². The van der Waals surface area contributed by atoms with E-state index in [1.54, 1.807) is 4.90 Å². The second kappa shape index (κ2) is 5.91. The Labute approximate surface area is 110 Å². The third-order valence-electron chi connectivity index (χ3n) is 3.08. The van der Waals surface area contributed by atoms with Crippen molar-refractivity contribution in [1.29, 1.82) is 0 Å². The number of nitrogens with zero attached hydrogens (tertiary/aromatic N) is 1. The third-order valence-corrected chi connectivity index (χ3v) is 3.08. The first-order valence-electron chi connectivity index (χ1n) is 6.88. The number of amides is 1. The van der Waals surface area contributed by atoms with Crippen molar-refractivity contribution < 1.29 is 14.6 Å². The SMILES string of the molecule is CC(C)CC(O)[C@@H]1CCCN1C(=O)OC(C)(C)C. The Kier molecular flexibility index (Phi) is 5.02. The van der Waals surface area contributed by atoms with E-state index in [4.69, 9.17) is 4.74 Å². The van der Waals surface area contributed by atoms with Crippen molar-refractivity contribution in [3.05, 3.63) is 0 Å². The molecule has 2 atom stereocenters. The average Bonchev–Trinajstić information content (AvgIpc) is 2.61. The van der Waals surface area contributed by atoms with Crippen LogP contribution in [-0.4, -0.2) is 40.4 Å². The highest BCUT2D eigenvalue weighted by Crippen LogP contribution is 2.25. The molecule has 0 aromatic carbocycles. The van der Waals surface area contributed by atoms with Crippen LogP contribution in [0.15, 0.2) is 0 Å². The number of aliphatic hydroxyl groups excluding tert-OH is 1. The van der Waals surface area contributed by atoms with Gasteiger partial charge in [0.1, 0.15) is 5.60 Å². The van der Waals surface area contributed by atoms with Gasteiger partial charge in [0.05, 0.1) is 12.1 Å². The molecular weight excluding hydrogens is 230 g/mol. The summed E-state index contributed by atoms with van der Waals surface area (Å²) < 4.78 is 5.38. The van der Waals surface area contributed by atoms with Crippen molar-refractivity contribution in [1.82, 2.24) is 4.90 Å². The first-order valence-corrected chi connectivity index (χ1v) is 6.88. The molecule has 106 valence electrons. The minimum atomic E-state index is -0.479. The summed E-state index contributed by atoms with van der Waals surface area (Å²) in [6.45, 7) is 10.4. The molecule has 0 bridgehead atoms. The lowest BCUT2D eigenvalue weighted by Gasteiger charge is -2.31. The van der Waals surface area contributed by atoms with Gasteiger partial charge in [-0.15, -0.1) is 0 Å². The fraction of sp³-hybridized carbons (Fsp3) is 0.929. The van der Waals surface area contributed by atoms with Crippen LogP contribution in [0.5, 0.6) is 0 Å². The lowest BCUT2D eigenvalue weighted by Crippen LogP contribution is -2.45. The van der Waals surface area contributed by atoms with Crippen LogP contribution in [0.2, 0.25) is 0 Å². The summed E-state index contributed by atoms with van der Waals surface area (Å²) in [5, 5.41) is 10.2. The number of ether oxygens (including phenoxy) is 1. The summed E-state index contributed by atoms with van der Waals surface area (Å²) in [4.78, 5) is 13.7. The van der Waals surface area contributed by atoms with Gasteiger partial charge in [0.15, 0.2) is 0 Å². The molecule has 4 heteroatoms. The third kappa shape index (κ3) is 4.48. The number of hydrogen-bond donors (Lipinski definition) is 1. The number of carbonyl (C=O) groups excluding carboxylic acids is 1. The molecule has 0 aromatic heterocycles. The molecule has 1 N–H and O–H groups in total. The highest BCUT2D eigenvalue weighted by Gasteiger charge is 2.36. The van der Waals surface area contributed by atoms with E-state index in [0.717, 1.165) is 19.3 Å². The average molecular weight is 257 g/mol. The molecule has 4 nitrogen and oxygen atoms in total. The van der Waals surface area contributed by atoms with Gasteiger partial charge in [-0.1, -0.05) is 13.8 Å². The second-order valence-corrected chi connectivity index (χ2v) is 6.58. The molecule has 1 fully saturated rings. The smallest absolute Gasteiger partial charge is 0.410 e. The standard InChI is InChI=1S/C14H27NO3/c1-10(2)9-12(16)11-7-6-8-15(11)13(17)18-14(3,4)5/h10-12,16H,6-9H2,1-5H3/t11-,12?/m0/s1. The molecule has 1 aliphatic rings. The molecule has 0 radical (unpaired) electrons. The topological polar surface area (TPSA) is 49.8 Å². The van der Waals surface area contributed by atoms with E-state index in [1.807, 2.05) is 20.8 Å². The highest BCUT2D eigenvalue weighted by molar-refractivity contribution is 5.69. The van der Waals surface area contributed by atoms with Crippen molar-refractivity contribution in [2.24, 2.45) is 5.92 Å². The molecule has 0 aromatic rings. The molecule has 1 heterocycles. The number of carbonyl (C=O) groups is 1. The van der Waals surface area contributed by atoms with Crippen molar-refractivity contribution in [2.45, 2.75) is 71.6 Å². The summed E-state index contributed by atoms with van der Waals surface area (Å²) in [5.41, 5.74) is -0.479. The Bertz CT molecular complexity index is 283. The normalized spacial score (nSPS) is 22.4. The summed E-state index contributed by atoms with van der Waals surface area (Å²) >= 11 is 0. The van der Waals surface area contributed by atoms with Gasteiger partial charge < -0.3 is 14.7 Å². The zero-order chi connectivity index (χ0) is 13.9. The summed E-state index contributed by atoms with van der Waals surface area (Å²) in [6.07, 6.45) is 1.80. The van der Waals surface area contributed by atoms with Gasteiger partial charge in [-0.3, -0.25) is 0 Å². The van der Waals surface area contributed by atoms with Gasteiger partial charge in [-0.25, -0.2) is 4.79 Å². The van der Waals surface area contributed by atoms with Crippen molar-refractivity contribution in [3.63, 3.8) is 0 Å². The van der Waals surface area contributed by atoms with Crippen molar-refractivity contribution >= 4 is 6.09 Å². The van der Waals surface area contributed by atoms with Gasteiger partial charge in [0.2, 0.25) is 0 Å². The molecule has 1 aliphatic heterocycles. The van der Waals surface area contributed by atoms with Crippen LogP contribution in [0.1, 0.15) is 53.9 Å². The lowest BCUT2D eigenvalue weighted by atomic mass is 9.98. The first kappa shape index (κ1) is 15.3. The van der Waals surface area contributed by atoms with E-state index in [2.05, 4.69) is 13.8 Å². The predicted octanol–water partition coefficient (Wildman–Crippen LogP) is 2.79. The fourth-order valence-corrected chi connectivity index (χ4v) is 2.38. The molecule has 18 heavy (non-hydrogen) atoms. The van der Waals surface area contributed by atoms with Crippen LogP contribution in [-0.2, 0) is 4.74 Å². The maximum absolute atomic E-state index is 12.1. The van der Waals surface area contributed by atoms with Crippen LogP contribution < -0.4 is 0 Å². The number of hydrogen-bond acceptors (Lipinski definition) is 3. The Hall–Kier alpha value is -0.770. The van der Waals surface area contributed by atoms with Gasteiger partial charge in [-0.05, 0) is 46.0 Å². The summed E-state index contributed by atoms with van der Waals surface area (Å²) in [5.74, 6) is 0.432. The molecular formula is C14H27NO3. The van der Waals surface area contributed by atoms with Crippen LogP contribution in [0.25, 0.3) is 0 Å². The quantitative estimate of drug-likeness (QED) is 0.845. The first-order chi connectivity index (χ1) is 8.20.